The third kappa shape index (κ3) is 2.81. The molecule has 0 spiro atoms. The minimum atomic E-state index is -2.97. The molecule has 0 atom stereocenters. The molecule has 1 aromatic heterocycles. The Morgan fingerprint density at radius 3 is 2.82 bits per heavy atom. The predicted octanol–water partition coefficient (Wildman–Crippen LogP) is 0.181. The average Bonchev–Trinajstić information content (AvgIpc) is 2.27. The lowest BCUT2D eigenvalue weighted by atomic mass is 10.1. The van der Waals surface area contributed by atoms with Gasteiger partial charge in [-0.25, -0.2) is 18.4 Å². The largest absolute Gasteiger partial charge is 0.396 e. The summed E-state index contributed by atoms with van der Waals surface area (Å²) in [6.45, 7) is 1.94. The van der Waals surface area contributed by atoms with Gasteiger partial charge in [0.1, 0.15) is 5.82 Å². The molecule has 2 heterocycles. The van der Waals surface area contributed by atoms with E-state index in [9.17, 15) is 8.42 Å². The lowest BCUT2D eigenvalue weighted by Gasteiger charge is -2.17. The van der Waals surface area contributed by atoms with Crippen molar-refractivity contribution in [1.82, 2.24) is 9.97 Å². The molecule has 1 aliphatic rings. The molecule has 17 heavy (non-hydrogen) atoms. The van der Waals surface area contributed by atoms with Crippen LogP contribution in [0.25, 0.3) is 0 Å². The zero-order valence-corrected chi connectivity index (χ0v) is 10.6. The van der Waals surface area contributed by atoms with Gasteiger partial charge in [-0.3, -0.25) is 0 Å². The van der Waals surface area contributed by atoms with Crippen molar-refractivity contribution >= 4 is 9.84 Å². The van der Waals surface area contributed by atoms with Gasteiger partial charge in [-0.15, -0.1) is 0 Å². The van der Waals surface area contributed by atoms with Crippen LogP contribution in [-0.2, 0) is 28.4 Å². The number of aromatic nitrogens is 2. The van der Waals surface area contributed by atoms with Crippen LogP contribution in [0.2, 0.25) is 0 Å². The highest BCUT2D eigenvalue weighted by atomic mass is 32.2. The first-order valence-corrected chi connectivity index (χ1v) is 7.50. The van der Waals surface area contributed by atoms with E-state index in [0.29, 0.717) is 25.1 Å². The number of fused-ring (bicyclic) bond motifs is 1. The summed E-state index contributed by atoms with van der Waals surface area (Å²) in [7, 11) is -2.97. The van der Waals surface area contributed by atoms with E-state index >= 15 is 0 Å². The summed E-state index contributed by atoms with van der Waals surface area (Å²) in [5.74, 6) is 0.944. The Bertz CT molecular complexity index is 526. The molecular weight excluding hydrogens is 240 g/mol. The number of nitrogens with zero attached hydrogens (tertiary/aromatic N) is 2. The standard InChI is InChI=1S/C11H16N2O3S/c1-8-9-7-17(15,16)6-4-10(9)13-11(12-8)3-2-5-14/h14H,2-7H2,1H3. The molecule has 5 nitrogen and oxygen atoms in total. The molecule has 0 saturated heterocycles. The molecule has 0 bridgehead atoms. The smallest absolute Gasteiger partial charge is 0.154 e. The van der Waals surface area contributed by atoms with Gasteiger partial charge < -0.3 is 5.11 Å². The number of rotatable bonds is 3. The Labute approximate surface area is 101 Å². The minimum absolute atomic E-state index is 0.0639. The molecule has 0 aromatic carbocycles. The zero-order chi connectivity index (χ0) is 12.5. The van der Waals surface area contributed by atoms with Crippen LogP contribution in [-0.4, -0.2) is 35.9 Å². The second-order valence-corrected chi connectivity index (χ2v) is 6.50. The van der Waals surface area contributed by atoms with Crippen molar-refractivity contribution in [2.45, 2.75) is 31.9 Å². The Morgan fingerprint density at radius 2 is 2.12 bits per heavy atom. The maximum absolute atomic E-state index is 11.5. The van der Waals surface area contributed by atoms with E-state index in [0.717, 1.165) is 17.0 Å². The highest BCUT2D eigenvalue weighted by Gasteiger charge is 2.24. The van der Waals surface area contributed by atoms with Gasteiger partial charge in [0.15, 0.2) is 9.84 Å². The van der Waals surface area contributed by atoms with Gasteiger partial charge in [-0.2, -0.15) is 0 Å². The van der Waals surface area contributed by atoms with Gasteiger partial charge in [0, 0.05) is 36.4 Å². The van der Waals surface area contributed by atoms with Crippen molar-refractivity contribution in [2.24, 2.45) is 0 Å². The van der Waals surface area contributed by atoms with Crippen molar-refractivity contribution in [3.8, 4) is 0 Å². The molecular formula is C11H16N2O3S. The van der Waals surface area contributed by atoms with E-state index in [-0.39, 0.29) is 18.1 Å². The number of hydrogen-bond donors (Lipinski definition) is 1. The molecule has 1 aromatic rings. The predicted molar refractivity (Wildman–Crippen MR) is 63.4 cm³/mol. The third-order valence-electron chi connectivity index (χ3n) is 2.92. The number of aliphatic hydroxyl groups is 1. The summed E-state index contributed by atoms with van der Waals surface area (Å²) >= 11 is 0. The number of aliphatic hydroxyl groups excluding tert-OH is 1. The fourth-order valence-electron chi connectivity index (χ4n) is 2.01. The molecule has 0 aliphatic carbocycles. The summed E-state index contributed by atoms with van der Waals surface area (Å²) in [5, 5.41) is 8.77. The first-order chi connectivity index (χ1) is 8.02. The number of hydrogen-bond acceptors (Lipinski definition) is 5. The van der Waals surface area contributed by atoms with Crippen molar-refractivity contribution in [2.75, 3.05) is 12.4 Å². The van der Waals surface area contributed by atoms with Crippen molar-refractivity contribution in [3.05, 3.63) is 22.8 Å². The Morgan fingerprint density at radius 1 is 1.35 bits per heavy atom. The molecule has 1 aliphatic heterocycles. The minimum Gasteiger partial charge on any atom is -0.396 e. The van der Waals surface area contributed by atoms with Gasteiger partial charge in [0.25, 0.3) is 0 Å². The van der Waals surface area contributed by atoms with Gasteiger partial charge in [0.05, 0.1) is 11.5 Å². The molecule has 94 valence electrons. The maximum Gasteiger partial charge on any atom is 0.154 e. The van der Waals surface area contributed by atoms with Crippen LogP contribution in [0.1, 0.15) is 29.2 Å². The van der Waals surface area contributed by atoms with Crippen LogP contribution in [0.15, 0.2) is 0 Å². The van der Waals surface area contributed by atoms with Crippen LogP contribution < -0.4 is 0 Å². The van der Waals surface area contributed by atoms with Crippen molar-refractivity contribution in [3.63, 3.8) is 0 Å². The van der Waals surface area contributed by atoms with Crippen LogP contribution >= 0.6 is 0 Å². The Kier molecular flexibility index (Phi) is 3.44. The summed E-state index contributed by atoms with van der Waals surface area (Å²) in [6.07, 6.45) is 1.75. The zero-order valence-electron chi connectivity index (χ0n) is 9.81. The number of aryl methyl sites for hydroxylation is 3. The van der Waals surface area contributed by atoms with E-state index in [1.165, 1.54) is 0 Å². The molecule has 0 fully saturated rings. The van der Waals surface area contributed by atoms with E-state index in [2.05, 4.69) is 9.97 Å². The average molecular weight is 256 g/mol. The Hall–Kier alpha value is -1.01. The normalized spacial score (nSPS) is 17.8. The van der Waals surface area contributed by atoms with Crippen LogP contribution in [0.3, 0.4) is 0 Å². The van der Waals surface area contributed by atoms with Crippen LogP contribution in [0, 0.1) is 6.92 Å². The van der Waals surface area contributed by atoms with E-state index in [1.807, 2.05) is 6.92 Å². The molecule has 0 amide bonds. The lowest BCUT2D eigenvalue weighted by molar-refractivity contribution is 0.287. The van der Waals surface area contributed by atoms with E-state index < -0.39 is 9.84 Å². The summed E-state index contributed by atoms with van der Waals surface area (Å²) in [5.41, 5.74) is 2.38. The van der Waals surface area contributed by atoms with Gasteiger partial charge in [-0.05, 0) is 13.3 Å². The molecule has 1 N–H and O–H groups in total. The first-order valence-electron chi connectivity index (χ1n) is 5.68. The maximum atomic E-state index is 11.5. The first kappa shape index (κ1) is 12.4. The molecule has 0 unspecified atom stereocenters. The van der Waals surface area contributed by atoms with Crippen LogP contribution in [0.5, 0.6) is 0 Å². The van der Waals surface area contributed by atoms with Gasteiger partial charge in [0.2, 0.25) is 0 Å². The number of sulfone groups is 1. The molecule has 2 rings (SSSR count). The fourth-order valence-corrected chi connectivity index (χ4v) is 3.47. The fraction of sp³-hybridized carbons (Fsp3) is 0.636. The van der Waals surface area contributed by atoms with E-state index in [4.69, 9.17) is 5.11 Å². The van der Waals surface area contributed by atoms with Crippen molar-refractivity contribution in [1.29, 1.82) is 0 Å². The second kappa shape index (κ2) is 4.70. The summed E-state index contributed by atoms with van der Waals surface area (Å²) in [4.78, 5) is 8.69. The van der Waals surface area contributed by atoms with Crippen molar-refractivity contribution < 1.29 is 13.5 Å². The van der Waals surface area contributed by atoms with Gasteiger partial charge >= 0.3 is 0 Å². The Balaban J connectivity index is 2.33. The topological polar surface area (TPSA) is 80.2 Å². The molecule has 0 saturated carbocycles. The lowest BCUT2D eigenvalue weighted by Crippen LogP contribution is -2.22. The SMILES string of the molecule is Cc1nc(CCCO)nc2c1CS(=O)(=O)CC2. The third-order valence-corrected chi connectivity index (χ3v) is 4.47. The quantitative estimate of drug-likeness (QED) is 0.834. The molecule has 0 radical (unpaired) electrons. The van der Waals surface area contributed by atoms with Crippen LogP contribution in [0.4, 0.5) is 0 Å². The van der Waals surface area contributed by atoms with E-state index in [1.54, 1.807) is 0 Å². The highest BCUT2D eigenvalue weighted by Crippen LogP contribution is 2.21. The monoisotopic (exact) mass is 256 g/mol. The highest BCUT2D eigenvalue weighted by molar-refractivity contribution is 7.90. The molecule has 6 heteroatoms. The second-order valence-electron chi connectivity index (χ2n) is 4.32. The summed E-state index contributed by atoms with van der Waals surface area (Å²) in [6, 6.07) is 0. The van der Waals surface area contributed by atoms with Gasteiger partial charge in [-0.1, -0.05) is 0 Å². The summed E-state index contributed by atoms with van der Waals surface area (Å²) < 4.78 is 23.1.